The number of esters is 1. The van der Waals surface area contributed by atoms with Crippen LogP contribution >= 0.6 is 11.3 Å². The fourth-order valence-corrected chi connectivity index (χ4v) is 2.87. The SMILES string of the molecule is CCOc1ccc(/C=C/C(=O)O[C@H](C)C(=O)NCc2cccs2)cc1OC. The monoisotopic (exact) mass is 389 g/mol. The van der Waals surface area contributed by atoms with E-state index >= 15 is 0 Å². The molecule has 0 fully saturated rings. The molecule has 1 amide bonds. The van der Waals surface area contributed by atoms with Crippen molar-refractivity contribution in [3.63, 3.8) is 0 Å². The number of amides is 1. The van der Waals surface area contributed by atoms with Gasteiger partial charge < -0.3 is 19.5 Å². The largest absolute Gasteiger partial charge is 0.493 e. The van der Waals surface area contributed by atoms with Crippen molar-refractivity contribution in [3.8, 4) is 11.5 Å². The lowest BCUT2D eigenvalue weighted by Gasteiger charge is -2.12. The molecule has 1 N–H and O–H groups in total. The van der Waals surface area contributed by atoms with Crippen molar-refractivity contribution >= 4 is 29.3 Å². The van der Waals surface area contributed by atoms with Gasteiger partial charge in [0.1, 0.15) is 0 Å². The third kappa shape index (κ3) is 6.45. The van der Waals surface area contributed by atoms with Crippen LogP contribution in [-0.2, 0) is 20.9 Å². The maximum atomic E-state index is 12.0. The van der Waals surface area contributed by atoms with Crippen molar-refractivity contribution in [2.24, 2.45) is 0 Å². The summed E-state index contributed by atoms with van der Waals surface area (Å²) in [5, 5.41) is 4.67. The number of carbonyl (C=O) groups excluding carboxylic acids is 2. The van der Waals surface area contributed by atoms with Crippen LogP contribution in [0.15, 0.2) is 41.8 Å². The van der Waals surface area contributed by atoms with E-state index in [1.807, 2.05) is 24.4 Å². The highest BCUT2D eigenvalue weighted by Crippen LogP contribution is 2.28. The first kappa shape index (κ1) is 20.5. The van der Waals surface area contributed by atoms with Crippen molar-refractivity contribution in [2.45, 2.75) is 26.5 Å². The van der Waals surface area contributed by atoms with E-state index in [0.717, 1.165) is 10.4 Å². The lowest BCUT2D eigenvalue weighted by Crippen LogP contribution is -2.34. The van der Waals surface area contributed by atoms with Crippen molar-refractivity contribution in [2.75, 3.05) is 13.7 Å². The normalized spacial score (nSPS) is 11.8. The Morgan fingerprint density at radius 3 is 2.74 bits per heavy atom. The summed E-state index contributed by atoms with van der Waals surface area (Å²) in [6, 6.07) is 9.17. The second-order valence-corrected chi connectivity index (χ2v) is 6.59. The van der Waals surface area contributed by atoms with E-state index < -0.39 is 12.1 Å². The van der Waals surface area contributed by atoms with Crippen LogP contribution in [0.3, 0.4) is 0 Å². The molecule has 0 aliphatic carbocycles. The van der Waals surface area contributed by atoms with Crippen LogP contribution in [0.25, 0.3) is 6.08 Å². The highest BCUT2D eigenvalue weighted by molar-refractivity contribution is 7.09. The Labute approximate surface area is 162 Å². The maximum absolute atomic E-state index is 12.0. The fourth-order valence-electron chi connectivity index (χ4n) is 2.23. The highest BCUT2D eigenvalue weighted by atomic mass is 32.1. The first-order valence-corrected chi connectivity index (χ1v) is 9.41. The Bertz CT molecular complexity index is 786. The van der Waals surface area contributed by atoms with Gasteiger partial charge in [-0.25, -0.2) is 4.79 Å². The van der Waals surface area contributed by atoms with Crippen molar-refractivity contribution < 1.29 is 23.8 Å². The molecule has 2 rings (SSSR count). The number of nitrogens with one attached hydrogen (secondary N) is 1. The quantitative estimate of drug-likeness (QED) is 0.525. The van der Waals surface area contributed by atoms with Crippen LogP contribution in [0.1, 0.15) is 24.3 Å². The van der Waals surface area contributed by atoms with Gasteiger partial charge in [0.25, 0.3) is 5.91 Å². The molecule has 7 heteroatoms. The van der Waals surface area contributed by atoms with Gasteiger partial charge in [0.05, 0.1) is 20.3 Å². The summed E-state index contributed by atoms with van der Waals surface area (Å²) in [7, 11) is 1.55. The summed E-state index contributed by atoms with van der Waals surface area (Å²) in [6.07, 6.45) is 1.99. The van der Waals surface area contributed by atoms with E-state index in [-0.39, 0.29) is 5.91 Å². The second kappa shape index (κ2) is 10.4. The molecule has 27 heavy (non-hydrogen) atoms. The molecule has 6 nitrogen and oxygen atoms in total. The Hall–Kier alpha value is -2.80. The van der Waals surface area contributed by atoms with Gasteiger partial charge in [0.2, 0.25) is 0 Å². The lowest BCUT2D eigenvalue weighted by molar-refractivity contribution is -0.150. The Balaban J connectivity index is 1.87. The summed E-state index contributed by atoms with van der Waals surface area (Å²) in [4.78, 5) is 25.0. The van der Waals surface area contributed by atoms with Crippen LogP contribution in [0.2, 0.25) is 0 Å². The molecule has 144 valence electrons. The fraction of sp³-hybridized carbons (Fsp3) is 0.300. The Kier molecular flexibility index (Phi) is 7.88. The van der Waals surface area contributed by atoms with E-state index in [1.54, 1.807) is 42.7 Å². The minimum atomic E-state index is -0.878. The van der Waals surface area contributed by atoms with E-state index in [1.165, 1.54) is 13.0 Å². The molecule has 0 bridgehead atoms. The zero-order chi connectivity index (χ0) is 19.6. The number of hydrogen-bond donors (Lipinski definition) is 1. The van der Waals surface area contributed by atoms with Gasteiger partial charge in [-0.05, 0) is 49.1 Å². The molecule has 0 radical (unpaired) electrons. The maximum Gasteiger partial charge on any atom is 0.331 e. The average molecular weight is 389 g/mol. The number of rotatable bonds is 9. The topological polar surface area (TPSA) is 73.9 Å². The Morgan fingerprint density at radius 1 is 1.26 bits per heavy atom. The summed E-state index contributed by atoms with van der Waals surface area (Å²) in [5.41, 5.74) is 0.752. The van der Waals surface area contributed by atoms with Gasteiger partial charge in [0, 0.05) is 11.0 Å². The number of ether oxygens (including phenoxy) is 3. The Morgan fingerprint density at radius 2 is 2.07 bits per heavy atom. The van der Waals surface area contributed by atoms with Crippen molar-refractivity contribution in [3.05, 3.63) is 52.2 Å². The predicted octanol–water partition coefficient (Wildman–Crippen LogP) is 3.42. The average Bonchev–Trinajstić information content (AvgIpc) is 3.19. The zero-order valence-electron chi connectivity index (χ0n) is 15.6. The molecular formula is C20H23NO5S. The summed E-state index contributed by atoms with van der Waals surface area (Å²) in [6.45, 7) is 4.38. The van der Waals surface area contributed by atoms with Crippen molar-refractivity contribution in [1.82, 2.24) is 5.32 Å². The van der Waals surface area contributed by atoms with E-state index in [9.17, 15) is 9.59 Å². The lowest BCUT2D eigenvalue weighted by atomic mass is 10.2. The molecular weight excluding hydrogens is 366 g/mol. The van der Waals surface area contributed by atoms with Gasteiger partial charge in [-0.1, -0.05) is 12.1 Å². The van der Waals surface area contributed by atoms with Gasteiger partial charge in [-0.3, -0.25) is 4.79 Å². The van der Waals surface area contributed by atoms with Crippen LogP contribution in [0.4, 0.5) is 0 Å². The number of methoxy groups -OCH3 is 1. The molecule has 1 atom stereocenters. The number of benzene rings is 1. The van der Waals surface area contributed by atoms with Gasteiger partial charge in [0.15, 0.2) is 17.6 Å². The van der Waals surface area contributed by atoms with Gasteiger partial charge >= 0.3 is 5.97 Å². The predicted molar refractivity (Wildman–Crippen MR) is 105 cm³/mol. The molecule has 0 aliphatic rings. The van der Waals surface area contributed by atoms with Crippen LogP contribution in [0, 0.1) is 0 Å². The number of thiophene rings is 1. The summed E-state index contributed by atoms with van der Waals surface area (Å²) < 4.78 is 15.9. The van der Waals surface area contributed by atoms with Crippen LogP contribution in [0.5, 0.6) is 11.5 Å². The third-order valence-electron chi connectivity index (χ3n) is 3.58. The smallest absolute Gasteiger partial charge is 0.331 e. The van der Waals surface area contributed by atoms with E-state index in [0.29, 0.717) is 24.7 Å². The van der Waals surface area contributed by atoms with Crippen molar-refractivity contribution in [1.29, 1.82) is 0 Å². The standard InChI is InChI=1S/C20H23NO5S/c1-4-25-17-9-7-15(12-18(17)24-3)8-10-19(22)26-14(2)20(23)21-13-16-6-5-11-27-16/h5-12,14H,4,13H2,1-3H3,(H,21,23)/b10-8+/t14-/m1/s1. The molecule has 0 saturated carbocycles. The van der Waals surface area contributed by atoms with Crippen LogP contribution < -0.4 is 14.8 Å². The number of carbonyl (C=O) groups is 2. The van der Waals surface area contributed by atoms with E-state index in [2.05, 4.69) is 5.32 Å². The molecule has 0 saturated heterocycles. The third-order valence-corrected chi connectivity index (χ3v) is 4.45. The second-order valence-electron chi connectivity index (χ2n) is 5.55. The molecule has 0 unspecified atom stereocenters. The zero-order valence-corrected chi connectivity index (χ0v) is 16.4. The molecule has 1 aromatic carbocycles. The summed E-state index contributed by atoms with van der Waals surface area (Å²) in [5.74, 6) is 0.277. The molecule has 0 aliphatic heterocycles. The van der Waals surface area contributed by atoms with Crippen LogP contribution in [-0.4, -0.2) is 31.7 Å². The minimum Gasteiger partial charge on any atom is -0.493 e. The molecule has 1 aromatic heterocycles. The molecule has 1 heterocycles. The van der Waals surface area contributed by atoms with E-state index in [4.69, 9.17) is 14.2 Å². The number of hydrogen-bond acceptors (Lipinski definition) is 6. The summed E-state index contributed by atoms with van der Waals surface area (Å²) >= 11 is 1.55. The first-order valence-electron chi connectivity index (χ1n) is 8.53. The molecule has 2 aromatic rings. The molecule has 0 spiro atoms. The first-order chi connectivity index (χ1) is 13.0. The highest BCUT2D eigenvalue weighted by Gasteiger charge is 2.16. The van der Waals surface area contributed by atoms with Gasteiger partial charge in [-0.15, -0.1) is 11.3 Å². The minimum absolute atomic E-state index is 0.340. The van der Waals surface area contributed by atoms with Gasteiger partial charge in [-0.2, -0.15) is 0 Å².